The molecule has 0 N–H and O–H groups in total. The Bertz CT molecular complexity index is 638. The first-order valence-electron chi connectivity index (χ1n) is 5.74. The number of hydrogen-bond acceptors (Lipinski definition) is 4. The normalized spacial score (nSPS) is 22.2. The van der Waals surface area contributed by atoms with Crippen LogP contribution in [0.2, 0.25) is 5.02 Å². The summed E-state index contributed by atoms with van der Waals surface area (Å²) in [6.07, 6.45) is 2.79. The van der Waals surface area contributed by atoms with Crippen LogP contribution in [0.15, 0.2) is 12.3 Å². The smallest absolute Gasteiger partial charge is 0.339 e. The Morgan fingerprint density at radius 1 is 1.56 bits per heavy atom. The summed E-state index contributed by atoms with van der Waals surface area (Å²) in [6.45, 7) is 2.16. The number of halogens is 1. The van der Waals surface area contributed by atoms with Gasteiger partial charge in [0.05, 0.1) is 17.7 Å². The molecule has 5 nitrogen and oxygen atoms in total. The summed E-state index contributed by atoms with van der Waals surface area (Å²) in [5, 5.41) is 8.65. The molecule has 18 heavy (non-hydrogen) atoms. The van der Waals surface area contributed by atoms with Crippen molar-refractivity contribution in [2.75, 3.05) is 7.11 Å². The monoisotopic (exact) mass is 265 g/mol. The van der Waals surface area contributed by atoms with Crippen molar-refractivity contribution in [3.8, 4) is 0 Å². The third-order valence-corrected chi connectivity index (χ3v) is 3.63. The average molecular weight is 266 g/mol. The van der Waals surface area contributed by atoms with Crippen molar-refractivity contribution >= 4 is 23.2 Å². The molecule has 0 bridgehead atoms. The van der Waals surface area contributed by atoms with Gasteiger partial charge >= 0.3 is 5.97 Å². The van der Waals surface area contributed by atoms with Crippen molar-refractivity contribution in [3.05, 3.63) is 28.7 Å². The highest BCUT2D eigenvalue weighted by Gasteiger charge is 2.38. The van der Waals surface area contributed by atoms with E-state index in [0.29, 0.717) is 28.1 Å². The number of nitrogens with zero attached hydrogens (tertiary/aromatic N) is 3. The number of carbonyl (C=O) groups is 1. The first kappa shape index (κ1) is 11.5. The quantitative estimate of drug-likeness (QED) is 0.782. The molecule has 6 heteroatoms. The fourth-order valence-corrected chi connectivity index (χ4v) is 2.38. The van der Waals surface area contributed by atoms with Gasteiger partial charge in [-0.1, -0.05) is 18.5 Å². The fourth-order valence-electron chi connectivity index (χ4n) is 2.14. The van der Waals surface area contributed by atoms with E-state index in [9.17, 15) is 4.79 Å². The van der Waals surface area contributed by atoms with Gasteiger partial charge in [0.25, 0.3) is 0 Å². The van der Waals surface area contributed by atoms with E-state index in [1.165, 1.54) is 7.11 Å². The predicted molar refractivity (Wildman–Crippen MR) is 65.9 cm³/mol. The highest BCUT2D eigenvalue weighted by atomic mass is 35.5. The second-order valence-corrected chi connectivity index (χ2v) is 5.05. The lowest BCUT2D eigenvalue weighted by Crippen LogP contribution is -2.04. The van der Waals surface area contributed by atoms with Gasteiger partial charge in [0, 0.05) is 12.1 Å². The van der Waals surface area contributed by atoms with Gasteiger partial charge in [-0.3, -0.25) is 4.40 Å². The number of ether oxygens (including phenoxy) is 1. The van der Waals surface area contributed by atoms with Crippen molar-refractivity contribution < 1.29 is 9.53 Å². The Morgan fingerprint density at radius 2 is 2.28 bits per heavy atom. The lowest BCUT2D eigenvalue weighted by Gasteiger charge is -2.03. The number of pyridine rings is 1. The lowest BCUT2D eigenvalue weighted by atomic mass is 10.2. The molecule has 0 spiro atoms. The summed E-state index contributed by atoms with van der Waals surface area (Å²) < 4.78 is 6.50. The van der Waals surface area contributed by atoms with Crippen LogP contribution in [0.3, 0.4) is 0 Å². The summed E-state index contributed by atoms with van der Waals surface area (Å²) in [7, 11) is 1.34. The summed E-state index contributed by atoms with van der Waals surface area (Å²) in [5.41, 5.74) is 0.989. The lowest BCUT2D eigenvalue weighted by molar-refractivity contribution is 0.0600. The van der Waals surface area contributed by atoms with E-state index in [2.05, 4.69) is 17.1 Å². The number of fused-ring (bicyclic) bond motifs is 1. The topological polar surface area (TPSA) is 56.5 Å². The average Bonchev–Trinajstić information content (AvgIpc) is 2.91. The third kappa shape index (κ3) is 1.66. The highest BCUT2D eigenvalue weighted by Crippen LogP contribution is 2.46. The van der Waals surface area contributed by atoms with E-state index < -0.39 is 5.97 Å². The van der Waals surface area contributed by atoms with Crippen LogP contribution in [0.5, 0.6) is 0 Å². The molecule has 2 atom stereocenters. The molecule has 1 aliphatic carbocycles. The molecule has 1 aliphatic rings. The van der Waals surface area contributed by atoms with Gasteiger partial charge < -0.3 is 4.74 Å². The minimum Gasteiger partial charge on any atom is -0.465 e. The van der Waals surface area contributed by atoms with Crippen LogP contribution in [0.25, 0.3) is 5.65 Å². The number of rotatable bonds is 2. The fraction of sp³-hybridized carbons (Fsp3) is 0.417. The SMILES string of the molecule is COC(=O)c1cc(Cl)c2nnc(C3CC3C)n2c1. The molecule has 2 unspecified atom stereocenters. The van der Waals surface area contributed by atoms with Crippen LogP contribution in [0.1, 0.15) is 35.4 Å². The molecule has 2 aromatic rings. The standard InChI is InChI=1S/C12H12ClN3O2/c1-6-3-8(6)10-14-15-11-9(13)4-7(5-16(10)11)12(17)18-2/h4-6,8H,3H2,1-2H3. The molecule has 2 aromatic heterocycles. The number of methoxy groups -OCH3 is 1. The first-order chi connectivity index (χ1) is 8.61. The zero-order valence-corrected chi connectivity index (χ0v) is 10.8. The predicted octanol–water partition coefficient (Wildman–Crippen LogP) is 2.29. The largest absolute Gasteiger partial charge is 0.465 e. The van der Waals surface area contributed by atoms with E-state index in [-0.39, 0.29) is 0 Å². The molecule has 0 radical (unpaired) electrons. The molecular weight excluding hydrogens is 254 g/mol. The molecular formula is C12H12ClN3O2. The Labute approximate surface area is 109 Å². The summed E-state index contributed by atoms with van der Waals surface area (Å²) in [4.78, 5) is 11.6. The van der Waals surface area contributed by atoms with Crippen LogP contribution in [0, 0.1) is 5.92 Å². The maximum atomic E-state index is 11.6. The number of hydrogen-bond donors (Lipinski definition) is 0. The van der Waals surface area contributed by atoms with E-state index in [1.54, 1.807) is 16.7 Å². The summed E-state index contributed by atoms with van der Waals surface area (Å²) in [6, 6.07) is 1.55. The molecule has 0 aromatic carbocycles. The van der Waals surface area contributed by atoms with Crippen molar-refractivity contribution in [1.82, 2.24) is 14.6 Å². The minimum absolute atomic E-state index is 0.406. The minimum atomic E-state index is -0.415. The van der Waals surface area contributed by atoms with Gasteiger partial charge in [-0.15, -0.1) is 10.2 Å². The van der Waals surface area contributed by atoms with Gasteiger partial charge in [0.15, 0.2) is 5.65 Å². The van der Waals surface area contributed by atoms with Crippen molar-refractivity contribution in [1.29, 1.82) is 0 Å². The zero-order valence-electron chi connectivity index (χ0n) is 10.1. The van der Waals surface area contributed by atoms with Gasteiger partial charge in [-0.2, -0.15) is 0 Å². The van der Waals surface area contributed by atoms with E-state index in [1.807, 2.05) is 0 Å². The molecule has 2 heterocycles. The molecule has 0 aliphatic heterocycles. The third-order valence-electron chi connectivity index (χ3n) is 3.35. The second-order valence-electron chi connectivity index (χ2n) is 4.64. The summed E-state index contributed by atoms with van der Waals surface area (Å²) in [5.74, 6) is 1.47. The summed E-state index contributed by atoms with van der Waals surface area (Å²) >= 11 is 6.11. The van der Waals surface area contributed by atoms with Crippen LogP contribution in [-0.2, 0) is 4.74 Å². The maximum Gasteiger partial charge on any atom is 0.339 e. The van der Waals surface area contributed by atoms with Crippen LogP contribution in [-0.4, -0.2) is 27.7 Å². The molecule has 3 rings (SSSR count). The van der Waals surface area contributed by atoms with Crippen molar-refractivity contribution in [2.24, 2.45) is 5.92 Å². The van der Waals surface area contributed by atoms with E-state index in [4.69, 9.17) is 16.3 Å². The van der Waals surface area contributed by atoms with Gasteiger partial charge in [-0.25, -0.2) is 4.79 Å². The van der Waals surface area contributed by atoms with Gasteiger partial charge in [0.2, 0.25) is 0 Å². The van der Waals surface area contributed by atoms with Crippen LogP contribution >= 0.6 is 11.6 Å². The molecule has 0 saturated heterocycles. The number of carbonyl (C=O) groups excluding carboxylic acids is 1. The number of aromatic nitrogens is 3. The molecule has 0 amide bonds. The first-order valence-corrected chi connectivity index (χ1v) is 6.12. The maximum absolute atomic E-state index is 11.6. The number of esters is 1. The Balaban J connectivity index is 2.17. The van der Waals surface area contributed by atoms with Gasteiger partial charge in [0.1, 0.15) is 5.82 Å². The van der Waals surface area contributed by atoms with E-state index in [0.717, 1.165) is 12.2 Å². The molecule has 94 valence electrons. The Hall–Kier alpha value is -1.62. The Morgan fingerprint density at radius 3 is 2.89 bits per heavy atom. The van der Waals surface area contributed by atoms with Crippen LogP contribution < -0.4 is 0 Å². The van der Waals surface area contributed by atoms with Gasteiger partial charge in [-0.05, 0) is 18.4 Å². The van der Waals surface area contributed by atoms with Crippen LogP contribution in [0.4, 0.5) is 0 Å². The van der Waals surface area contributed by atoms with E-state index >= 15 is 0 Å². The highest BCUT2D eigenvalue weighted by molar-refractivity contribution is 6.33. The van der Waals surface area contributed by atoms with Crippen molar-refractivity contribution in [3.63, 3.8) is 0 Å². The molecule has 1 fully saturated rings. The van der Waals surface area contributed by atoms with Crippen molar-refractivity contribution in [2.45, 2.75) is 19.3 Å². The Kier molecular flexibility index (Phi) is 2.52. The zero-order chi connectivity index (χ0) is 12.9. The second kappa shape index (κ2) is 3.95. The molecule has 1 saturated carbocycles.